The molecule has 0 aliphatic rings. The number of hydrogen-bond donors (Lipinski definition) is 0. The van der Waals surface area contributed by atoms with E-state index < -0.39 is 10.5 Å². The smallest absolute Gasteiger partial charge is 0.336 e. The quantitative estimate of drug-likeness (QED) is 0.295. The molecule has 0 aliphatic carbocycles. The van der Waals surface area contributed by atoms with E-state index in [1.807, 2.05) is 13.0 Å². The number of fused-ring (bicyclic) bond motifs is 2. The van der Waals surface area contributed by atoms with E-state index in [9.17, 15) is 14.9 Å². The summed E-state index contributed by atoms with van der Waals surface area (Å²) in [6, 6.07) is 11.2. The average Bonchev–Trinajstić information content (AvgIpc) is 3.01. The molecule has 2 heterocycles. The number of hydrogen-bond acceptors (Lipinski definition) is 7. The molecule has 0 fully saturated rings. The molecule has 0 spiro atoms. The maximum absolute atomic E-state index is 11.7. The van der Waals surface area contributed by atoms with Crippen molar-refractivity contribution in [3.8, 4) is 10.9 Å². The zero-order chi connectivity index (χ0) is 18.3. The van der Waals surface area contributed by atoms with Gasteiger partial charge in [-0.1, -0.05) is 18.3 Å². The van der Waals surface area contributed by atoms with Gasteiger partial charge in [-0.3, -0.25) is 10.1 Å². The third-order valence-electron chi connectivity index (χ3n) is 3.95. The van der Waals surface area contributed by atoms with Crippen LogP contribution in [-0.2, 0) is 6.42 Å². The molecule has 26 heavy (non-hydrogen) atoms. The first-order chi connectivity index (χ1) is 12.5. The molecule has 0 saturated heterocycles. The summed E-state index contributed by atoms with van der Waals surface area (Å²) in [7, 11) is 0. The minimum Gasteiger partial charge on any atom is -0.431 e. The standard InChI is InChI=1S/C18H12N2O5S/c1-2-10-7-17(21)25-15-9-12(4-5-13(10)15)24-18-19-14-6-3-11(20(22)23)8-16(14)26-18/h3-9H,2H2,1H3. The van der Waals surface area contributed by atoms with E-state index >= 15 is 0 Å². The lowest BCUT2D eigenvalue weighted by molar-refractivity contribution is -0.384. The maximum Gasteiger partial charge on any atom is 0.336 e. The Hall–Kier alpha value is -3.26. The van der Waals surface area contributed by atoms with Crippen molar-refractivity contribution in [3.63, 3.8) is 0 Å². The second-order valence-corrected chi connectivity index (χ2v) is 6.59. The molecular weight excluding hydrogens is 356 g/mol. The highest BCUT2D eigenvalue weighted by Gasteiger charge is 2.12. The highest BCUT2D eigenvalue weighted by molar-refractivity contribution is 7.20. The second-order valence-electron chi connectivity index (χ2n) is 5.59. The Morgan fingerprint density at radius 2 is 2.08 bits per heavy atom. The van der Waals surface area contributed by atoms with Gasteiger partial charge in [-0.2, -0.15) is 0 Å². The number of nitro benzene ring substituents is 1. The highest BCUT2D eigenvalue weighted by Crippen LogP contribution is 2.34. The van der Waals surface area contributed by atoms with Crippen LogP contribution < -0.4 is 10.4 Å². The topological polar surface area (TPSA) is 95.5 Å². The minimum absolute atomic E-state index is 0.00674. The Bertz CT molecular complexity index is 1210. The molecule has 0 bridgehead atoms. The van der Waals surface area contributed by atoms with Gasteiger partial charge in [-0.15, -0.1) is 0 Å². The van der Waals surface area contributed by atoms with Gasteiger partial charge in [-0.05, 0) is 30.2 Å². The van der Waals surface area contributed by atoms with Crippen molar-refractivity contribution >= 4 is 38.2 Å². The van der Waals surface area contributed by atoms with Gasteiger partial charge in [0, 0.05) is 29.7 Å². The summed E-state index contributed by atoms with van der Waals surface area (Å²) < 4.78 is 11.7. The monoisotopic (exact) mass is 368 g/mol. The van der Waals surface area contributed by atoms with Crippen LogP contribution in [0.1, 0.15) is 12.5 Å². The third kappa shape index (κ3) is 2.91. The average molecular weight is 368 g/mol. The van der Waals surface area contributed by atoms with E-state index in [0.29, 0.717) is 26.7 Å². The van der Waals surface area contributed by atoms with E-state index in [4.69, 9.17) is 9.15 Å². The predicted octanol–water partition coefficient (Wildman–Crippen LogP) is 4.67. The summed E-state index contributed by atoms with van der Waals surface area (Å²) in [4.78, 5) is 26.4. The predicted molar refractivity (Wildman–Crippen MR) is 98.2 cm³/mol. The van der Waals surface area contributed by atoms with Crippen molar-refractivity contribution < 1.29 is 14.1 Å². The fourth-order valence-corrected chi connectivity index (χ4v) is 3.58. The number of thiazole rings is 1. The Morgan fingerprint density at radius 3 is 2.85 bits per heavy atom. The van der Waals surface area contributed by atoms with Crippen LogP contribution in [-0.4, -0.2) is 9.91 Å². The number of ether oxygens (including phenoxy) is 1. The van der Waals surface area contributed by atoms with Gasteiger partial charge in [0.05, 0.1) is 15.1 Å². The lowest BCUT2D eigenvalue weighted by Gasteiger charge is -2.05. The SMILES string of the molecule is CCc1cc(=O)oc2cc(Oc3nc4ccc([N+](=O)[O-])cc4s3)ccc12. The number of nitro groups is 1. The summed E-state index contributed by atoms with van der Waals surface area (Å²) in [6.07, 6.45) is 0.721. The number of aryl methyl sites for hydroxylation is 1. The first-order valence-corrected chi connectivity index (χ1v) is 8.65. The van der Waals surface area contributed by atoms with Gasteiger partial charge in [0.2, 0.25) is 0 Å². The molecule has 7 nitrogen and oxygen atoms in total. The molecule has 0 aliphatic heterocycles. The number of rotatable bonds is 4. The van der Waals surface area contributed by atoms with Crippen molar-refractivity contribution in [1.82, 2.24) is 4.98 Å². The number of benzene rings is 2. The van der Waals surface area contributed by atoms with E-state index in [1.165, 1.54) is 29.5 Å². The number of aromatic nitrogens is 1. The summed E-state index contributed by atoms with van der Waals surface area (Å²) in [5.74, 6) is 0.474. The molecule has 2 aromatic heterocycles. The first kappa shape index (κ1) is 16.2. The summed E-state index contributed by atoms with van der Waals surface area (Å²) in [5, 5.41) is 12.1. The van der Waals surface area contributed by atoms with Crippen LogP contribution in [0.2, 0.25) is 0 Å². The minimum atomic E-state index is -0.448. The summed E-state index contributed by atoms with van der Waals surface area (Å²) >= 11 is 1.21. The van der Waals surface area contributed by atoms with E-state index in [1.54, 1.807) is 18.2 Å². The van der Waals surface area contributed by atoms with Gasteiger partial charge in [0.25, 0.3) is 10.9 Å². The third-order valence-corrected chi connectivity index (χ3v) is 4.85. The van der Waals surface area contributed by atoms with E-state index in [2.05, 4.69) is 4.98 Å². The van der Waals surface area contributed by atoms with Gasteiger partial charge in [0.1, 0.15) is 11.3 Å². The van der Waals surface area contributed by atoms with E-state index in [-0.39, 0.29) is 5.69 Å². The Morgan fingerprint density at radius 1 is 1.23 bits per heavy atom. The summed E-state index contributed by atoms with van der Waals surface area (Å²) in [5.41, 5.74) is 1.58. The zero-order valence-corrected chi connectivity index (χ0v) is 14.4. The molecule has 130 valence electrons. The molecule has 0 atom stereocenters. The van der Waals surface area contributed by atoms with Crippen LogP contribution in [0, 0.1) is 10.1 Å². The van der Waals surface area contributed by atoms with Crippen LogP contribution in [0.5, 0.6) is 10.9 Å². The molecule has 2 aromatic carbocycles. The van der Waals surface area contributed by atoms with Crippen LogP contribution in [0.4, 0.5) is 5.69 Å². The molecule has 0 radical (unpaired) electrons. The van der Waals surface area contributed by atoms with Gasteiger partial charge in [0.15, 0.2) is 0 Å². The Labute approximate surface area is 150 Å². The Kier molecular flexibility index (Phi) is 3.89. The van der Waals surface area contributed by atoms with Crippen molar-refractivity contribution in [3.05, 3.63) is 68.6 Å². The molecule has 4 rings (SSSR count). The number of non-ortho nitro benzene ring substituents is 1. The van der Waals surface area contributed by atoms with Crippen molar-refractivity contribution in [2.24, 2.45) is 0 Å². The van der Waals surface area contributed by atoms with Gasteiger partial charge in [-0.25, -0.2) is 9.78 Å². The van der Waals surface area contributed by atoms with Crippen LogP contribution in [0.15, 0.2) is 51.7 Å². The molecule has 0 saturated carbocycles. The molecule has 4 aromatic rings. The fraction of sp³-hybridized carbons (Fsp3) is 0.111. The second kappa shape index (κ2) is 6.23. The maximum atomic E-state index is 11.7. The number of nitrogens with zero attached hydrogens (tertiary/aromatic N) is 2. The van der Waals surface area contributed by atoms with Crippen molar-refractivity contribution in [1.29, 1.82) is 0 Å². The lowest BCUT2D eigenvalue weighted by Crippen LogP contribution is -1.99. The van der Waals surface area contributed by atoms with Gasteiger partial charge < -0.3 is 9.15 Å². The molecular formula is C18H12N2O5S. The normalized spacial score (nSPS) is 11.1. The molecule has 0 N–H and O–H groups in total. The van der Waals surface area contributed by atoms with Crippen molar-refractivity contribution in [2.45, 2.75) is 13.3 Å². The van der Waals surface area contributed by atoms with Crippen LogP contribution in [0.25, 0.3) is 21.2 Å². The molecule has 0 unspecified atom stereocenters. The first-order valence-electron chi connectivity index (χ1n) is 7.83. The highest BCUT2D eigenvalue weighted by atomic mass is 32.1. The zero-order valence-electron chi connectivity index (χ0n) is 13.6. The lowest BCUT2D eigenvalue weighted by atomic mass is 10.1. The molecule has 8 heteroatoms. The summed E-state index contributed by atoms with van der Waals surface area (Å²) in [6.45, 7) is 1.97. The van der Waals surface area contributed by atoms with Crippen molar-refractivity contribution in [2.75, 3.05) is 0 Å². The van der Waals surface area contributed by atoms with Gasteiger partial charge >= 0.3 is 5.63 Å². The Balaban J connectivity index is 1.71. The fourth-order valence-electron chi connectivity index (χ4n) is 2.72. The largest absolute Gasteiger partial charge is 0.431 e. The molecule has 0 amide bonds. The van der Waals surface area contributed by atoms with Crippen LogP contribution in [0.3, 0.4) is 0 Å². The van der Waals surface area contributed by atoms with Crippen LogP contribution >= 0.6 is 11.3 Å². The van der Waals surface area contributed by atoms with E-state index in [0.717, 1.165) is 17.4 Å².